The molecule has 3 aromatic rings. The quantitative estimate of drug-likeness (QED) is 0.558. The van der Waals surface area contributed by atoms with Crippen LogP contribution in [0, 0.1) is 20.8 Å². The van der Waals surface area contributed by atoms with Gasteiger partial charge in [0.25, 0.3) is 10.0 Å². The summed E-state index contributed by atoms with van der Waals surface area (Å²) in [5.74, 6) is -0.0394. The van der Waals surface area contributed by atoms with Gasteiger partial charge in [-0.05, 0) is 56.2 Å². The molecule has 0 aliphatic rings. The summed E-state index contributed by atoms with van der Waals surface area (Å²) in [6.07, 6.45) is 0. The van der Waals surface area contributed by atoms with Crippen molar-refractivity contribution in [3.63, 3.8) is 0 Å². The molecule has 0 aliphatic heterocycles. The van der Waals surface area contributed by atoms with Crippen molar-refractivity contribution >= 4 is 21.6 Å². The average molecular weight is 453 g/mol. The van der Waals surface area contributed by atoms with Crippen molar-refractivity contribution in [1.82, 2.24) is 5.32 Å². The third-order valence-electron chi connectivity index (χ3n) is 5.11. The average Bonchev–Trinajstić information content (AvgIpc) is 2.77. The summed E-state index contributed by atoms with van der Waals surface area (Å²) in [6.45, 7) is 5.67. The number of sulfonamides is 1. The Balaban J connectivity index is 1.93. The smallest absolute Gasteiger partial charge is 0.264 e. The van der Waals surface area contributed by atoms with Gasteiger partial charge in [0.2, 0.25) is 5.91 Å². The van der Waals surface area contributed by atoms with Crippen molar-refractivity contribution in [3.05, 3.63) is 89.0 Å². The summed E-state index contributed by atoms with van der Waals surface area (Å²) in [5.41, 5.74) is 4.18. The zero-order valence-corrected chi connectivity index (χ0v) is 19.6. The van der Waals surface area contributed by atoms with E-state index in [0.717, 1.165) is 26.6 Å². The number of nitrogens with zero attached hydrogens (tertiary/aromatic N) is 1. The highest BCUT2D eigenvalue weighted by atomic mass is 32.2. The van der Waals surface area contributed by atoms with Crippen molar-refractivity contribution in [2.75, 3.05) is 18.0 Å². The largest absolute Gasteiger partial charge is 0.495 e. The van der Waals surface area contributed by atoms with E-state index in [-0.39, 0.29) is 11.4 Å². The Hall–Kier alpha value is -3.32. The maximum Gasteiger partial charge on any atom is 0.264 e. The van der Waals surface area contributed by atoms with E-state index in [1.165, 1.54) is 7.11 Å². The van der Waals surface area contributed by atoms with Crippen molar-refractivity contribution in [2.24, 2.45) is 0 Å². The van der Waals surface area contributed by atoms with Crippen LogP contribution in [0.2, 0.25) is 0 Å². The lowest BCUT2D eigenvalue weighted by Gasteiger charge is -2.26. The van der Waals surface area contributed by atoms with Gasteiger partial charge in [-0.1, -0.05) is 53.6 Å². The van der Waals surface area contributed by atoms with Gasteiger partial charge in [0, 0.05) is 6.54 Å². The Kier molecular flexibility index (Phi) is 7.20. The lowest BCUT2D eigenvalue weighted by molar-refractivity contribution is -0.119. The highest BCUT2D eigenvalue weighted by Gasteiger charge is 2.29. The predicted octanol–water partition coefficient (Wildman–Crippen LogP) is 4.13. The molecule has 1 amide bonds. The molecule has 0 bridgehead atoms. The molecule has 3 aromatic carbocycles. The summed E-state index contributed by atoms with van der Waals surface area (Å²) >= 11 is 0. The van der Waals surface area contributed by atoms with Crippen molar-refractivity contribution in [2.45, 2.75) is 32.2 Å². The standard InChI is InChI=1S/C25H28N2O4S/c1-18-5-10-21(11-6-18)16-26-25(28)17-27(23-15-20(3)9-14-24(23)31-4)32(29,30)22-12-7-19(2)8-13-22/h5-15H,16-17H2,1-4H3,(H,26,28). The van der Waals surface area contributed by atoms with Crippen LogP contribution >= 0.6 is 0 Å². The van der Waals surface area contributed by atoms with Crippen molar-refractivity contribution < 1.29 is 17.9 Å². The number of anilines is 1. The monoisotopic (exact) mass is 452 g/mol. The van der Waals surface area contributed by atoms with Crippen LogP contribution in [0.4, 0.5) is 5.69 Å². The zero-order chi connectivity index (χ0) is 23.3. The molecular formula is C25H28N2O4S. The minimum absolute atomic E-state index is 0.109. The summed E-state index contributed by atoms with van der Waals surface area (Å²) in [7, 11) is -2.54. The number of carbonyl (C=O) groups is 1. The number of hydrogen-bond acceptors (Lipinski definition) is 4. The van der Waals surface area contributed by atoms with Gasteiger partial charge in [-0.15, -0.1) is 0 Å². The van der Waals surface area contributed by atoms with E-state index in [9.17, 15) is 13.2 Å². The minimum atomic E-state index is -4.01. The van der Waals surface area contributed by atoms with E-state index in [4.69, 9.17) is 4.74 Å². The summed E-state index contributed by atoms with van der Waals surface area (Å²) in [6, 6.07) is 19.6. The van der Waals surface area contributed by atoms with E-state index in [1.807, 2.05) is 51.1 Å². The first-order chi connectivity index (χ1) is 15.2. The highest BCUT2D eigenvalue weighted by Crippen LogP contribution is 2.33. The number of amides is 1. The SMILES string of the molecule is COc1ccc(C)cc1N(CC(=O)NCc1ccc(C)cc1)S(=O)(=O)c1ccc(C)cc1. The first kappa shape index (κ1) is 23.3. The molecular weight excluding hydrogens is 424 g/mol. The van der Waals surface area contributed by atoms with Crippen LogP contribution in [-0.2, 0) is 21.4 Å². The van der Waals surface area contributed by atoms with Crippen LogP contribution in [0.25, 0.3) is 0 Å². The van der Waals surface area contributed by atoms with E-state index < -0.39 is 15.9 Å². The Bertz CT molecular complexity index is 1190. The summed E-state index contributed by atoms with van der Waals surface area (Å²) in [5, 5.41) is 2.82. The van der Waals surface area contributed by atoms with Crippen LogP contribution in [0.15, 0.2) is 71.6 Å². The third kappa shape index (κ3) is 5.48. The normalized spacial score (nSPS) is 11.1. The lowest BCUT2D eigenvalue weighted by Crippen LogP contribution is -2.41. The van der Waals surface area contributed by atoms with Crippen LogP contribution < -0.4 is 14.4 Å². The number of rotatable bonds is 8. The molecule has 7 heteroatoms. The topological polar surface area (TPSA) is 75.7 Å². The third-order valence-corrected chi connectivity index (χ3v) is 6.88. The molecule has 1 N–H and O–H groups in total. The molecule has 0 aliphatic carbocycles. The zero-order valence-electron chi connectivity index (χ0n) is 18.8. The maximum atomic E-state index is 13.6. The number of nitrogens with one attached hydrogen (secondary N) is 1. The molecule has 0 atom stereocenters. The Morgan fingerprint density at radius 3 is 2.03 bits per heavy atom. The second kappa shape index (κ2) is 9.87. The number of carbonyl (C=O) groups excluding carboxylic acids is 1. The molecule has 0 radical (unpaired) electrons. The van der Waals surface area contributed by atoms with Crippen molar-refractivity contribution in [1.29, 1.82) is 0 Å². The van der Waals surface area contributed by atoms with E-state index in [1.54, 1.807) is 36.4 Å². The molecule has 0 heterocycles. The van der Waals surface area contributed by atoms with E-state index in [2.05, 4.69) is 5.32 Å². The Morgan fingerprint density at radius 1 is 0.875 bits per heavy atom. The van der Waals surface area contributed by atoms with Crippen LogP contribution in [0.5, 0.6) is 5.75 Å². The minimum Gasteiger partial charge on any atom is -0.495 e. The van der Waals surface area contributed by atoms with Gasteiger partial charge in [0.05, 0.1) is 17.7 Å². The molecule has 0 aromatic heterocycles. The van der Waals surface area contributed by atoms with Crippen LogP contribution in [0.1, 0.15) is 22.3 Å². The molecule has 3 rings (SSSR count). The molecule has 0 saturated heterocycles. The fourth-order valence-electron chi connectivity index (χ4n) is 3.22. The van der Waals surface area contributed by atoms with Gasteiger partial charge in [-0.2, -0.15) is 0 Å². The first-order valence-electron chi connectivity index (χ1n) is 10.3. The second-order valence-corrected chi connectivity index (χ2v) is 9.62. The van der Waals surface area contributed by atoms with Gasteiger partial charge >= 0.3 is 0 Å². The number of methoxy groups -OCH3 is 1. The van der Waals surface area contributed by atoms with Gasteiger partial charge in [0.1, 0.15) is 12.3 Å². The maximum absolute atomic E-state index is 13.6. The van der Waals surface area contributed by atoms with Crippen LogP contribution in [-0.4, -0.2) is 28.0 Å². The van der Waals surface area contributed by atoms with Gasteiger partial charge in [-0.25, -0.2) is 8.42 Å². The molecule has 0 saturated carbocycles. The van der Waals surface area contributed by atoms with Gasteiger partial charge in [0.15, 0.2) is 0 Å². The Labute approximate surface area is 189 Å². The summed E-state index contributed by atoms with van der Waals surface area (Å²) in [4.78, 5) is 12.9. The second-order valence-electron chi connectivity index (χ2n) is 7.76. The number of hydrogen-bond donors (Lipinski definition) is 1. The summed E-state index contributed by atoms with van der Waals surface area (Å²) < 4.78 is 33.6. The molecule has 0 unspecified atom stereocenters. The number of aryl methyl sites for hydroxylation is 3. The molecule has 168 valence electrons. The highest BCUT2D eigenvalue weighted by molar-refractivity contribution is 7.92. The fourth-order valence-corrected chi connectivity index (χ4v) is 4.65. The molecule has 0 fully saturated rings. The lowest BCUT2D eigenvalue weighted by atomic mass is 10.1. The molecule has 32 heavy (non-hydrogen) atoms. The number of ether oxygens (including phenoxy) is 1. The predicted molar refractivity (Wildman–Crippen MR) is 126 cm³/mol. The van der Waals surface area contributed by atoms with Crippen LogP contribution in [0.3, 0.4) is 0 Å². The molecule has 6 nitrogen and oxygen atoms in total. The van der Waals surface area contributed by atoms with E-state index >= 15 is 0 Å². The van der Waals surface area contributed by atoms with Crippen molar-refractivity contribution in [3.8, 4) is 5.75 Å². The number of benzene rings is 3. The van der Waals surface area contributed by atoms with Gasteiger partial charge in [-0.3, -0.25) is 9.10 Å². The fraction of sp³-hybridized carbons (Fsp3) is 0.240. The molecule has 0 spiro atoms. The Morgan fingerprint density at radius 2 is 1.44 bits per heavy atom. The van der Waals surface area contributed by atoms with E-state index in [0.29, 0.717) is 18.0 Å². The van der Waals surface area contributed by atoms with Gasteiger partial charge < -0.3 is 10.1 Å². The first-order valence-corrected chi connectivity index (χ1v) is 11.7.